The number of nitrogens with zero attached hydrogens (tertiary/aromatic N) is 2. The van der Waals surface area contributed by atoms with Crippen molar-refractivity contribution < 1.29 is 31.1 Å². The lowest BCUT2D eigenvalue weighted by Gasteiger charge is -2.14. The number of thioether (sulfide) groups is 1. The number of hydrogen-bond donors (Lipinski definition) is 3. The van der Waals surface area contributed by atoms with Crippen molar-refractivity contribution in [3.05, 3.63) is 54.9 Å². The number of hydrogen-bond acceptors (Lipinski definition) is 8. The molecule has 0 fully saturated rings. The highest BCUT2D eigenvalue weighted by Gasteiger charge is 2.28. The first-order valence-corrected chi connectivity index (χ1v) is 11.6. The molecule has 0 aliphatic heterocycles. The van der Waals surface area contributed by atoms with E-state index in [0.29, 0.717) is 39.7 Å². The summed E-state index contributed by atoms with van der Waals surface area (Å²) >= 11 is 1.96. The van der Waals surface area contributed by atoms with Gasteiger partial charge >= 0.3 is 12.4 Å². The maximum absolute atomic E-state index is 12.7. The molecule has 1 aromatic heterocycles. The number of rotatable bonds is 10. The van der Waals surface area contributed by atoms with Gasteiger partial charge in [0.25, 0.3) is 0 Å². The Bertz CT molecular complexity index is 1110. The van der Waals surface area contributed by atoms with Crippen molar-refractivity contribution in [1.82, 2.24) is 14.7 Å². The predicted octanol–water partition coefficient (Wildman–Crippen LogP) is 6.79. The van der Waals surface area contributed by atoms with Crippen molar-refractivity contribution in [3.63, 3.8) is 0 Å². The van der Waals surface area contributed by atoms with E-state index in [-0.39, 0.29) is 5.75 Å². The van der Waals surface area contributed by atoms with Crippen LogP contribution in [-0.2, 0) is 0 Å². The molecule has 188 valence electrons. The Kier molecular flexibility index (Phi) is 8.97. The zero-order chi connectivity index (χ0) is 25.5. The minimum Gasteiger partial charge on any atom is -0.484 e. The highest BCUT2D eigenvalue weighted by atomic mass is 32.2. The molecule has 0 radical (unpaired) electrons. The fourth-order valence-electron chi connectivity index (χ4n) is 2.65. The summed E-state index contributed by atoms with van der Waals surface area (Å²) in [5.74, 6) is -0.301. The normalized spacial score (nSPS) is 11.9. The number of nitrogens with one attached hydrogen (secondary N) is 3. The van der Waals surface area contributed by atoms with Gasteiger partial charge in [0.15, 0.2) is 6.61 Å². The molecule has 0 aliphatic rings. The molecule has 3 aromatic rings. The maximum Gasteiger partial charge on any atom is 0.422 e. The molecule has 0 atom stereocenters. The van der Waals surface area contributed by atoms with Crippen LogP contribution < -0.4 is 20.1 Å². The van der Waals surface area contributed by atoms with Gasteiger partial charge in [0.2, 0.25) is 0 Å². The van der Waals surface area contributed by atoms with E-state index in [0.717, 1.165) is 4.90 Å². The average Bonchev–Trinajstić information content (AvgIpc) is 2.77. The van der Waals surface area contributed by atoms with E-state index in [1.807, 2.05) is 0 Å². The van der Waals surface area contributed by atoms with Crippen LogP contribution in [0.2, 0.25) is 0 Å². The Morgan fingerprint density at radius 2 is 1.54 bits per heavy atom. The van der Waals surface area contributed by atoms with E-state index < -0.39 is 24.7 Å². The third-order valence-corrected chi connectivity index (χ3v) is 5.85. The standard InChI is InChI=1S/C21H19F6N5OS2/c1-28-35-15-6-7-17(34-11-21(25,26)27)16(8-15)32-19-9-18(29-12-30-19)31-13-2-4-14(5-3-13)33-10-20(22,23)24/h2-9,12,28H,10-11H2,1H3,(H2,29,30,31,32). The molecule has 6 nitrogen and oxygen atoms in total. The number of ether oxygens (including phenoxy) is 1. The molecule has 1 heterocycles. The zero-order valence-corrected chi connectivity index (χ0v) is 19.6. The van der Waals surface area contributed by atoms with Gasteiger partial charge in [-0.3, -0.25) is 4.72 Å². The van der Waals surface area contributed by atoms with E-state index in [4.69, 9.17) is 0 Å². The molecule has 0 bridgehead atoms. The molecule has 3 rings (SSSR count). The highest BCUT2D eigenvalue weighted by molar-refractivity contribution is 7.99. The Morgan fingerprint density at radius 1 is 0.857 bits per heavy atom. The van der Waals surface area contributed by atoms with Crippen LogP contribution in [0.1, 0.15) is 0 Å². The Balaban J connectivity index is 1.72. The molecule has 0 saturated carbocycles. The molecule has 0 saturated heterocycles. The molecule has 0 unspecified atom stereocenters. The van der Waals surface area contributed by atoms with Crippen LogP contribution in [0, 0.1) is 0 Å². The van der Waals surface area contributed by atoms with E-state index in [2.05, 4.69) is 30.1 Å². The van der Waals surface area contributed by atoms with Crippen LogP contribution >= 0.6 is 23.7 Å². The van der Waals surface area contributed by atoms with Gasteiger partial charge in [0.1, 0.15) is 23.7 Å². The van der Waals surface area contributed by atoms with E-state index in [1.165, 1.54) is 42.5 Å². The quantitative estimate of drug-likeness (QED) is 0.149. The number of anilines is 4. The summed E-state index contributed by atoms with van der Waals surface area (Å²) in [4.78, 5) is 9.39. The monoisotopic (exact) mass is 535 g/mol. The van der Waals surface area contributed by atoms with Gasteiger partial charge in [-0.15, -0.1) is 11.8 Å². The topological polar surface area (TPSA) is 71.1 Å². The Hall–Kier alpha value is -2.84. The summed E-state index contributed by atoms with van der Waals surface area (Å²) in [5, 5.41) is 6.01. The summed E-state index contributed by atoms with van der Waals surface area (Å²) in [7, 11) is 1.72. The lowest BCUT2D eigenvalue weighted by atomic mass is 10.3. The van der Waals surface area contributed by atoms with Crippen LogP contribution in [0.4, 0.5) is 49.4 Å². The van der Waals surface area contributed by atoms with E-state index in [9.17, 15) is 26.3 Å². The zero-order valence-electron chi connectivity index (χ0n) is 18.0. The summed E-state index contributed by atoms with van der Waals surface area (Å²) in [6, 6.07) is 12.4. The Labute approximate surface area is 205 Å². The van der Waals surface area contributed by atoms with Crippen molar-refractivity contribution in [3.8, 4) is 5.75 Å². The predicted molar refractivity (Wildman–Crippen MR) is 125 cm³/mol. The molecule has 0 amide bonds. The van der Waals surface area contributed by atoms with Crippen molar-refractivity contribution in [2.24, 2.45) is 0 Å². The van der Waals surface area contributed by atoms with Gasteiger partial charge in [-0.1, -0.05) is 0 Å². The van der Waals surface area contributed by atoms with Gasteiger partial charge in [-0.05, 0) is 61.5 Å². The maximum atomic E-state index is 12.7. The summed E-state index contributed by atoms with van der Waals surface area (Å²) < 4.78 is 82.6. The van der Waals surface area contributed by atoms with Crippen LogP contribution in [0.15, 0.2) is 64.6 Å². The molecule has 3 N–H and O–H groups in total. The minimum absolute atomic E-state index is 0.0566. The van der Waals surface area contributed by atoms with Crippen molar-refractivity contribution >= 4 is 46.7 Å². The van der Waals surface area contributed by atoms with Crippen molar-refractivity contribution in [1.29, 1.82) is 0 Å². The fraction of sp³-hybridized carbons (Fsp3) is 0.238. The first kappa shape index (κ1) is 26.8. The third-order valence-electron chi connectivity index (χ3n) is 4.02. The Morgan fingerprint density at radius 3 is 2.17 bits per heavy atom. The molecule has 35 heavy (non-hydrogen) atoms. The van der Waals surface area contributed by atoms with Crippen molar-refractivity contribution in [2.75, 3.05) is 30.0 Å². The van der Waals surface area contributed by atoms with Gasteiger partial charge in [-0.25, -0.2) is 9.97 Å². The van der Waals surface area contributed by atoms with E-state index >= 15 is 0 Å². The number of benzene rings is 2. The number of alkyl halides is 6. The van der Waals surface area contributed by atoms with Gasteiger partial charge in [0, 0.05) is 21.5 Å². The number of halogens is 6. The van der Waals surface area contributed by atoms with E-state index in [1.54, 1.807) is 31.3 Å². The smallest absolute Gasteiger partial charge is 0.422 e. The third kappa shape index (κ3) is 9.38. The summed E-state index contributed by atoms with van der Waals surface area (Å²) in [5.41, 5.74) is 0.971. The SMILES string of the molecule is CNSc1ccc(SCC(F)(F)F)c(Nc2cc(Nc3ccc(OCC(F)(F)F)cc3)ncn2)c1. The largest absolute Gasteiger partial charge is 0.484 e. The molecular weight excluding hydrogens is 516 g/mol. The lowest BCUT2D eigenvalue weighted by Crippen LogP contribution is -2.19. The fourth-order valence-corrected chi connectivity index (χ4v) is 3.95. The first-order chi connectivity index (χ1) is 16.5. The highest BCUT2D eigenvalue weighted by Crippen LogP contribution is 2.36. The van der Waals surface area contributed by atoms with Gasteiger partial charge in [0.05, 0.1) is 11.4 Å². The van der Waals surface area contributed by atoms with Crippen LogP contribution in [-0.4, -0.2) is 41.7 Å². The average molecular weight is 536 g/mol. The molecule has 14 heteroatoms. The van der Waals surface area contributed by atoms with Crippen LogP contribution in [0.5, 0.6) is 5.75 Å². The minimum atomic E-state index is -4.43. The molecule has 0 aliphatic carbocycles. The van der Waals surface area contributed by atoms with Crippen molar-refractivity contribution in [2.45, 2.75) is 22.1 Å². The van der Waals surface area contributed by atoms with Crippen LogP contribution in [0.25, 0.3) is 0 Å². The van der Waals surface area contributed by atoms with Crippen LogP contribution in [0.3, 0.4) is 0 Å². The van der Waals surface area contributed by atoms with Gasteiger partial charge < -0.3 is 15.4 Å². The summed E-state index contributed by atoms with van der Waals surface area (Å²) in [6.45, 7) is -1.39. The van der Waals surface area contributed by atoms with Gasteiger partial charge in [-0.2, -0.15) is 26.3 Å². The second-order valence-corrected chi connectivity index (χ2v) is 8.94. The number of aromatic nitrogens is 2. The second kappa shape index (κ2) is 11.7. The molecule has 0 spiro atoms. The molecular formula is C21H19F6N5OS2. The summed E-state index contributed by atoms with van der Waals surface area (Å²) in [6.07, 6.45) is -7.49. The second-order valence-electron chi connectivity index (χ2n) is 6.83. The lowest BCUT2D eigenvalue weighted by molar-refractivity contribution is -0.153. The molecule has 2 aromatic carbocycles. The first-order valence-electron chi connectivity index (χ1n) is 9.84.